The number of aromatic amines is 1. The second-order valence-corrected chi connectivity index (χ2v) is 9.25. The van der Waals surface area contributed by atoms with Gasteiger partial charge in [-0.1, -0.05) is 0 Å². The van der Waals surface area contributed by atoms with Crippen molar-refractivity contribution in [2.45, 2.75) is 44.0 Å². The highest BCUT2D eigenvalue weighted by atomic mass is 32.1. The van der Waals surface area contributed by atoms with Crippen molar-refractivity contribution in [1.82, 2.24) is 29.7 Å². The van der Waals surface area contributed by atoms with E-state index in [4.69, 9.17) is 0 Å². The lowest BCUT2D eigenvalue weighted by Crippen LogP contribution is -2.36. The number of nitrogens with zero attached hydrogens (tertiary/aromatic N) is 5. The fourth-order valence-electron chi connectivity index (χ4n) is 3.64. The molecule has 2 unspecified atom stereocenters. The predicted molar refractivity (Wildman–Crippen MR) is 122 cm³/mol. The minimum absolute atomic E-state index is 0.149. The maximum atomic E-state index is 12.9. The van der Waals surface area contributed by atoms with Crippen LogP contribution in [-0.2, 0) is 0 Å². The van der Waals surface area contributed by atoms with Crippen LogP contribution in [0.1, 0.15) is 47.9 Å². The number of aromatic nitrogens is 6. The van der Waals surface area contributed by atoms with Crippen LogP contribution in [-0.4, -0.2) is 53.0 Å². The number of carbonyl (C=O) groups excluding carboxylic acids is 1. The van der Waals surface area contributed by atoms with E-state index < -0.39 is 24.2 Å². The van der Waals surface area contributed by atoms with Crippen molar-refractivity contribution in [3.63, 3.8) is 0 Å². The Labute approximate surface area is 201 Å². The second-order valence-electron chi connectivity index (χ2n) is 8.33. The summed E-state index contributed by atoms with van der Waals surface area (Å²) in [4.78, 5) is 25.1. The maximum absolute atomic E-state index is 12.9. The Morgan fingerprint density at radius 2 is 2.11 bits per heavy atom. The van der Waals surface area contributed by atoms with Gasteiger partial charge in [0.2, 0.25) is 0 Å². The number of carbonyl (C=O) groups is 1. The number of thiophene rings is 1. The molecule has 1 saturated carbocycles. The maximum Gasteiger partial charge on any atom is 0.416 e. The molecule has 4 heterocycles. The van der Waals surface area contributed by atoms with Crippen LogP contribution in [0.4, 0.5) is 18.9 Å². The summed E-state index contributed by atoms with van der Waals surface area (Å²) in [5.74, 6) is 0.887. The topological polar surface area (TPSA) is 122 Å². The molecule has 0 aliphatic heterocycles. The van der Waals surface area contributed by atoms with Crippen molar-refractivity contribution in [2.75, 3.05) is 5.32 Å². The Kier molecular flexibility index (Phi) is 5.89. The SMILES string of the molecule is CC(C(O)C(F)(F)F)n1cnnc1-c1cc(NC(=O)c2cc(-c3ncc(C4CC4)[nH]3)ccn2)cs1. The van der Waals surface area contributed by atoms with E-state index in [0.717, 1.165) is 35.0 Å². The normalized spacial score (nSPS) is 15.7. The summed E-state index contributed by atoms with van der Waals surface area (Å²) >= 11 is 1.17. The zero-order chi connectivity index (χ0) is 24.7. The van der Waals surface area contributed by atoms with Gasteiger partial charge in [-0.05, 0) is 38.0 Å². The van der Waals surface area contributed by atoms with Gasteiger partial charge in [0, 0.05) is 34.9 Å². The van der Waals surface area contributed by atoms with E-state index in [-0.39, 0.29) is 11.5 Å². The molecule has 3 N–H and O–H groups in total. The van der Waals surface area contributed by atoms with Crippen LogP contribution < -0.4 is 5.32 Å². The predicted octanol–water partition coefficient (Wildman–Crippen LogP) is 4.41. The highest BCUT2D eigenvalue weighted by Crippen LogP contribution is 2.39. The Balaban J connectivity index is 1.31. The molecule has 182 valence electrons. The minimum atomic E-state index is -4.79. The molecule has 4 aromatic rings. The summed E-state index contributed by atoms with van der Waals surface area (Å²) < 4.78 is 40.0. The Morgan fingerprint density at radius 3 is 2.86 bits per heavy atom. The van der Waals surface area contributed by atoms with E-state index in [1.165, 1.54) is 24.5 Å². The van der Waals surface area contributed by atoms with Gasteiger partial charge >= 0.3 is 6.18 Å². The fourth-order valence-corrected chi connectivity index (χ4v) is 4.47. The van der Waals surface area contributed by atoms with Crippen molar-refractivity contribution in [1.29, 1.82) is 0 Å². The van der Waals surface area contributed by atoms with Crippen LogP contribution in [0, 0.1) is 0 Å². The third-order valence-electron chi connectivity index (χ3n) is 5.76. The van der Waals surface area contributed by atoms with Gasteiger partial charge < -0.3 is 20.0 Å². The average Bonchev–Trinajstić information content (AvgIpc) is 3.21. The van der Waals surface area contributed by atoms with Crippen molar-refractivity contribution in [3.8, 4) is 22.1 Å². The molecule has 13 heteroatoms. The van der Waals surface area contributed by atoms with E-state index in [2.05, 4.69) is 30.5 Å². The van der Waals surface area contributed by atoms with Gasteiger partial charge in [-0.25, -0.2) is 4.98 Å². The summed E-state index contributed by atoms with van der Waals surface area (Å²) in [6.07, 6.45) is -0.605. The lowest BCUT2D eigenvalue weighted by atomic mass is 10.1. The molecule has 1 aliphatic carbocycles. The van der Waals surface area contributed by atoms with Crippen LogP contribution in [0.5, 0.6) is 0 Å². The third kappa shape index (κ3) is 4.82. The molecule has 5 rings (SSSR count). The average molecular weight is 504 g/mol. The summed E-state index contributed by atoms with van der Waals surface area (Å²) in [5, 5.41) is 21.6. The number of hydrogen-bond donors (Lipinski definition) is 3. The molecule has 0 bridgehead atoms. The molecule has 0 saturated heterocycles. The van der Waals surface area contributed by atoms with Gasteiger partial charge in [0.1, 0.15) is 17.8 Å². The fraction of sp³-hybridized carbons (Fsp3) is 0.318. The molecule has 2 atom stereocenters. The zero-order valence-corrected chi connectivity index (χ0v) is 19.1. The largest absolute Gasteiger partial charge is 0.416 e. The van der Waals surface area contributed by atoms with E-state index in [9.17, 15) is 23.1 Å². The molecule has 0 radical (unpaired) electrons. The summed E-state index contributed by atoms with van der Waals surface area (Å²) in [6, 6.07) is 3.63. The summed E-state index contributed by atoms with van der Waals surface area (Å²) in [7, 11) is 0. The number of aliphatic hydroxyl groups excluding tert-OH is 1. The zero-order valence-electron chi connectivity index (χ0n) is 18.3. The van der Waals surface area contributed by atoms with Crippen molar-refractivity contribution in [2.24, 2.45) is 0 Å². The van der Waals surface area contributed by atoms with Crippen LogP contribution in [0.15, 0.2) is 42.3 Å². The Morgan fingerprint density at radius 1 is 1.31 bits per heavy atom. The van der Waals surface area contributed by atoms with Gasteiger partial charge in [-0.15, -0.1) is 21.5 Å². The first-order chi connectivity index (χ1) is 16.7. The molecule has 35 heavy (non-hydrogen) atoms. The molecular weight excluding hydrogens is 483 g/mol. The van der Waals surface area contributed by atoms with E-state index in [0.29, 0.717) is 22.3 Å². The van der Waals surface area contributed by atoms with Crippen molar-refractivity contribution < 1.29 is 23.1 Å². The molecule has 1 amide bonds. The Bertz CT molecular complexity index is 1360. The Hall–Kier alpha value is -3.58. The van der Waals surface area contributed by atoms with E-state index in [1.807, 2.05) is 6.20 Å². The number of nitrogens with one attached hydrogen (secondary N) is 2. The van der Waals surface area contributed by atoms with Crippen LogP contribution in [0.2, 0.25) is 0 Å². The number of amides is 1. The van der Waals surface area contributed by atoms with Gasteiger partial charge in [-0.3, -0.25) is 9.78 Å². The number of hydrogen-bond acceptors (Lipinski definition) is 7. The summed E-state index contributed by atoms with van der Waals surface area (Å²) in [5.41, 5.74) is 2.42. The number of rotatable bonds is 7. The second kappa shape index (κ2) is 8.89. The molecular formula is C22H20F3N7O2S. The van der Waals surface area contributed by atoms with Crippen LogP contribution in [0.3, 0.4) is 0 Å². The van der Waals surface area contributed by atoms with Gasteiger partial charge in [0.25, 0.3) is 5.91 Å². The van der Waals surface area contributed by atoms with Gasteiger partial charge in [0.05, 0.1) is 16.6 Å². The lowest BCUT2D eigenvalue weighted by Gasteiger charge is -2.23. The number of H-pyrrole nitrogens is 1. The minimum Gasteiger partial charge on any atom is -0.382 e. The number of pyridine rings is 1. The third-order valence-corrected chi connectivity index (χ3v) is 6.69. The lowest BCUT2D eigenvalue weighted by molar-refractivity contribution is -0.214. The number of aliphatic hydroxyl groups is 1. The standard InChI is InChI=1S/C22H20F3N7O2S/c1-11(18(33)22(23,24)25)32-10-28-31-20(32)17-7-14(9-35-17)29-21(34)15-6-13(4-5-26-15)19-27-8-16(30-19)12-2-3-12/h4-12,18,33H,2-3H2,1H3,(H,27,30)(H,29,34). The van der Waals surface area contributed by atoms with Gasteiger partial charge in [0.15, 0.2) is 11.9 Å². The first-order valence-electron chi connectivity index (χ1n) is 10.8. The molecule has 0 spiro atoms. The van der Waals surface area contributed by atoms with Crippen LogP contribution in [0.25, 0.3) is 22.1 Å². The number of imidazole rings is 1. The highest BCUT2D eigenvalue weighted by molar-refractivity contribution is 7.14. The van der Waals surface area contributed by atoms with Crippen LogP contribution >= 0.6 is 11.3 Å². The number of anilines is 1. The molecule has 0 aromatic carbocycles. The highest BCUT2D eigenvalue weighted by Gasteiger charge is 2.43. The molecule has 9 nitrogen and oxygen atoms in total. The molecule has 1 fully saturated rings. The van der Waals surface area contributed by atoms with Crippen molar-refractivity contribution >= 4 is 22.9 Å². The summed E-state index contributed by atoms with van der Waals surface area (Å²) in [6.45, 7) is 1.23. The number of alkyl halides is 3. The molecule has 4 aromatic heterocycles. The quantitative estimate of drug-likeness (QED) is 0.344. The smallest absolute Gasteiger partial charge is 0.382 e. The molecule has 1 aliphatic rings. The van der Waals surface area contributed by atoms with Crippen molar-refractivity contribution in [3.05, 3.63) is 53.7 Å². The monoisotopic (exact) mass is 503 g/mol. The van der Waals surface area contributed by atoms with E-state index in [1.54, 1.807) is 23.6 Å². The number of halogens is 3. The van der Waals surface area contributed by atoms with E-state index >= 15 is 0 Å². The first-order valence-corrected chi connectivity index (χ1v) is 11.6. The first kappa shape index (κ1) is 23.2. The van der Waals surface area contributed by atoms with Gasteiger partial charge in [-0.2, -0.15) is 13.2 Å².